The number of carbonyl (C=O) groups is 1. The second-order valence-electron chi connectivity index (χ2n) is 6.25. The van der Waals surface area contributed by atoms with Gasteiger partial charge >= 0.3 is 0 Å². The van der Waals surface area contributed by atoms with Gasteiger partial charge < -0.3 is 15.4 Å². The lowest BCUT2D eigenvalue weighted by Gasteiger charge is -2.09. The first-order chi connectivity index (χ1) is 13.6. The molecule has 0 aliphatic heterocycles. The molecule has 0 atom stereocenters. The number of ether oxygens (including phenoxy) is 1. The summed E-state index contributed by atoms with van der Waals surface area (Å²) in [5, 5.41) is 6.49. The summed E-state index contributed by atoms with van der Waals surface area (Å²) < 4.78 is 5.55. The summed E-state index contributed by atoms with van der Waals surface area (Å²) in [7, 11) is 0. The molecule has 1 amide bonds. The van der Waals surface area contributed by atoms with Gasteiger partial charge in [-0.05, 0) is 48.7 Å². The zero-order valence-electron chi connectivity index (χ0n) is 15.5. The molecule has 0 fully saturated rings. The van der Waals surface area contributed by atoms with Crippen molar-refractivity contribution >= 4 is 29.0 Å². The Balaban J connectivity index is 1.42. The summed E-state index contributed by atoms with van der Waals surface area (Å²) in [5.74, 6) is 1.08. The van der Waals surface area contributed by atoms with Gasteiger partial charge in [-0.25, -0.2) is 9.97 Å². The van der Waals surface area contributed by atoms with E-state index in [2.05, 4.69) is 20.6 Å². The van der Waals surface area contributed by atoms with Crippen LogP contribution in [-0.4, -0.2) is 29.0 Å². The fourth-order valence-corrected chi connectivity index (χ4v) is 2.76. The van der Waals surface area contributed by atoms with Crippen LogP contribution in [-0.2, 0) is 11.2 Å². The SMILES string of the molecule is Cc1cccc(NC(=O)COc2ccc(CCNc3ncncc3Cl)cc2)c1. The molecule has 3 rings (SSSR count). The minimum atomic E-state index is -0.194. The second kappa shape index (κ2) is 9.71. The summed E-state index contributed by atoms with van der Waals surface area (Å²) in [6, 6.07) is 15.3. The van der Waals surface area contributed by atoms with Crippen LogP contribution < -0.4 is 15.4 Å². The van der Waals surface area contributed by atoms with Crippen molar-refractivity contribution in [3.8, 4) is 5.75 Å². The molecule has 0 bridgehead atoms. The number of rotatable bonds is 8. The van der Waals surface area contributed by atoms with Crippen molar-refractivity contribution < 1.29 is 9.53 Å². The highest BCUT2D eigenvalue weighted by Gasteiger charge is 2.05. The Labute approximate surface area is 168 Å². The molecule has 0 aliphatic rings. The number of anilines is 2. The summed E-state index contributed by atoms with van der Waals surface area (Å²) in [5.41, 5.74) is 2.99. The van der Waals surface area contributed by atoms with Gasteiger partial charge in [-0.3, -0.25) is 4.79 Å². The van der Waals surface area contributed by atoms with Crippen molar-refractivity contribution in [3.63, 3.8) is 0 Å². The molecular formula is C21H21ClN4O2. The normalized spacial score (nSPS) is 10.4. The molecule has 0 saturated carbocycles. The molecule has 7 heteroatoms. The van der Waals surface area contributed by atoms with E-state index < -0.39 is 0 Å². The Kier molecular flexibility index (Phi) is 6.81. The van der Waals surface area contributed by atoms with Crippen molar-refractivity contribution in [1.29, 1.82) is 0 Å². The number of hydrogen-bond donors (Lipinski definition) is 2. The number of aromatic nitrogens is 2. The van der Waals surface area contributed by atoms with Crippen LogP contribution in [0.25, 0.3) is 0 Å². The van der Waals surface area contributed by atoms with E-state index in [1.807, 2.05) is 55.5 Å². The number of nitrogens with zero attached hydrogens (tertiary/aromatic N) is 2. The monoisotopic (exact) mass is 396 g/mol. The zero-order valence-corrected chi connectivity index (χ0v) is 16.2. The van der Waals surface area contributed by atoms with E-state index in [9.17, 15) is 4.79 Å². The van der Waals surface area contributed by atoms with Crippen LogP contribution in [0.2, 0.25) is 5.02 Å². The van der Waals surface area contributed by atoms with E-state index in [1.54, 1.807) is 6.20 Å². The predicted molar refractivity (Wildman–Crippen MR) is 111 cm³/mol. The maximum atomic E-state index is 12.0. The molecule has 0 spiro atoms. The largest absolute Gasteiger partial charge is 0.484 e. The van der Waals surface area contributed by atoms with Gasteiger partial charge in [0.2, 0.25) is 0 Å². The minimum absolute atomic E-state index is 0.0406. The minimum Gasteiger partial charge on any atom is -0.484 e. The number of nitrogens with one attached hydrogen (secondary N) is 2. The van der Waals surface area contributed by atoms with Gasteiger partial charge in [-0.2, -0.15) is 0 Å². The van der Waals surface area contributed by atoms with Gasteiger partial charge in [0.1, 0.15) is 22.9 Å². The Morgan fingerprint density at radius 1 is 1.18 bits per heavy atom. The predicted octanol–water partition coefficient (Wildman–Crippen LogP) is 4.11. The zero-order chi connectivity index (χ0) is 19.8. The third kappa shape index (κ3) is 5.96. The molecule has 2 aromatic carbocycles. The van der Waals surface area contributed by atoms with Gasteiger partial charge in [0.25, 0.3) is 5.91 Å². The molecule has 0 unspecified atom stereocenters. The second-order valence-corrected chi connectivity index (χ2v) is 6.65. The lowest BCUT2D eigenvalue weighted by atomic mass is 10.1. The summed E-state index contributed by atoms with van der Waals surface area (Å²) in [4.78, 5) is 19.9. The summed E-state index contributed by atoms with van der Waals surface area (Å²) in [6.45, 7) is 2.63. The topological polar surface area (TPSA) is 76.1 Å². The maximum absolute atomic E-state index is 12.0. The maximum Gasteiger partial charge on any atom is 0.262 e. The van der Waals surface area contributed by atoms with Gasteiger partial charge in [-0.1, -0.05) is 35.9 Å². The number of halogens is 1. The van der Waals surface area contributed by atoms with Crippen molar-refractivity contribution in [1.82, 2.24) is 9.97 Å². The van der Waals surface area contributed by atoms with Crippen LogP contribution in [0.5, 0.6) is 5.75 Å². The standard InChI is InChI=1S/C21H21ClN4O2/c1-15-3-2-4-17(11-15)26-20(27)13-28-18-7-5-16(6-8-18)9-10-24-21-19(22)12-23-14-25-21/h2-8,11-12,14H,9-10,13H2,1H3,(H,26,27)(H,23,24,25). The molecule has 28 heavy (non-hydrogen) atoms. The van der Waals surface area contributed by atoms with Crippen LogP contribution in [0, 0.1) is 6.92 Å². The Morgan fingerprint density at radius 3 is 2.75 bits per heavy atom. The number of amides is 1. The van der Waals surface area contributed by atoms with Gasteiger partial charge in [0.15, 0.2) is 6.61 Å². The fourth-order valence-electron chi connectivity index (χ4n) is 2.59. The Hall–Kier alpha value is -3.12. The smallest absolute Gasteiger partial charge is 0.262 e. The molecule has 6 nitrogen and oxygen atoms in total. The highest BCUT2D eigenvalue weighted by molar-refractivity contribution is 6.32. The Bertz CT molecular complexity index is 932. The molecule has 1 heterocycles. The highest BCUT2D eigenvalue weighted by atomic mass is 35.5. The van der Waals surface area contributed by atoms with Crippen LogP contribution in [0.15, 0.2) is 61.1 Å². The van der Waals surface area contributed by atoms with E-state index in [1.165, 1.54) is 6.33 Å². The van der Waals surface area contributed by atoms with E-state index in [4.69, 9.17) is 16.3 Å². The summed E-state index contributed by atoms with van der Waals surface area (Å²) >= 11 is 6.01. The van der Waals surface area contributed by atoms with E-state index in [-0.39, 0.29) is 12.5 Å². The van der Waals surface area contributed by atoms with Gasteiger partial charge in [0.05, 0.1) is 6.20 Å². The van der Waals surface area contributed by atoms with Crippen LogP contribution in [0.1, 0.15) is 11.1 Å². The molecule has 144 valence electrons. The molecule has 2 N–H and O–H groups in total. The Morgan fingerprint density at radius 2 is 2.00 bits per heavy atom. The number of hydrogen-bond acceptors (Lipinski definition) is 5. The lowest BCUT2D eigenvalue weighted by molar-refractivity contribution is -0.118. The van der Waals surface area contributed by atoms with E-state index >= 15 is 0 Å². The molecule has 0 saturated heterocycles. The van der Waals surface area contributed by atoms with Crippen molar-refractivity contribution in [3.05, 3.63) is 77.2 Å². The quantitative estimate of drug-likeness (QED) is 0.599. The van der Waals surface area contributed by atoms with E-state index in [0.717, 1.165) is 23.2 Å². The first kappa shape index (κ1) is 19.6. The van der Waals surface area contributed by atoms with Crippen LogP contribution in [0.3, 0.4) is 0 Å². The number of carbonyl (C=O) groups excluding carboxylic acids is 1. The molecular weight excluding hydrogens is 376 g/mol. The first-order valence-corrected chi connectivity index (χ1v) is 9.25. The lowest BCUT2D eigenvalue weighted by Crippen LogP contribution is -2.20. The third-order valence-electron chi connectivity index (χ3n) is 3.97. The fraction of sp³-hybridized carbons (Fsp3) is 0.190. The molecule has 0 radical (unpaired) electrons. The first-order valence-electron chi connectivity index (χ1n) is 8.88. The summed E-state index contributed by atoms with van der Waals surface area (Å²) in [6.07, 6.45) is 3.81. The van der Waals surface area contributed by atoms with Gasteiger partial charge in [-0.15, -0.1) is 0 Å². The van der Waals surface area contributed by atoms with Crippen LogP contribution >= 0.6 is 11.6 Å². The average Bonchev–Trinajstić information content (AvgIpc) is 2.69. The number of aryl methyl sites for hydroxylation is 1. The van der Waals surface area contributed by atoms with Crippen LogP contribution in [0.4, 0.5) is 11.5 Å². The van der Waals surface area contributed by atoms with Crippen molar-refractivity contribution in [2.45, 2.75) is 13.3 Å². The van der Waals surface area contributed by atoms with Gasteiger partial charge in [0, 0.05) is 12.2 Å². The third-order valence-corrected chi connectivity index (χ3v) is 4.25. The van der Waals surface area contributed by atoms with E-state index in [0.29, 0.717) is 23.1 Å². The van der Waals surface area contributed by atoms with Crippen molar-refractivity contribution in [2.24, 2.45) is 0 Å². The average molecular weight is 397 g/mol. The molecule has 0 aliphatic carbocycles. The molecule has 1 aromatic heterocycles. The highest BCUT2D eigenvalue weighted by Crippen LogP contribution is 2.17. The van der Waals surface area contributed by atoms with Crippen molar-refractivity contribution in [2.75, 3.05) is 23.8 Å². The molecule has 3 aromatic rings. The number of benzene rings is 2.